The van der Waals surface area contributed by atoms with E-state index in [1.165, 1.54) is 0 Å². The van der Waals surface area contributed by atoms with E-state index in [2.05, 4.69) is 0 Å². The molecule has 0 aliphatic carbocycles. The zero-order valence-corrected chi connectivity index (χ0v) is 9.08. The first-order valence-electron chi connectivity index (χ1n) is 5.09. The van der Waals surface area contributed by atoms with E-state index in [-0.39, 0.29) is 19.0 Å². The summed E-state index contributed by atoms with van der Waals surface area (Å²) >= 11 is 0. The van der Waals surface area contributed by atoms with Crippen molar-refractivity contribution in [1.29, 1.82) is 0 Å². The first-order valence-corrected chi connectivity index (χ1v) is 5.09. The molecule has 0 saturated carbocycles. The Balaban J connectivity index is 2.80. The van der Waals surface area contributed by atoms with Crippen molar-refractivity contribution < 1.29 is 23.4 Å². The standard InChI is InChI=1S/C11H13F2NO3/c12-7-3-4-8(17-6-2-1-5-15)10(13)9(7)11(14)16/h3-4,15H,1-2,5-6H2,(H2,14,16). The van der Waals surface area contributed by atoms with Gasteiger partial charge >= 0.3 is 0 Å². The highest BCUT2D eigenvalue weighted by molar-refractivity contribution is 5.93. The highest BCUT2D eigenvalue weighted by Crippen LogP contribution is 2.23. The van der Waals surface area contributed by atoms with Gasteiger partial charge in [-0.3, -0.25) is 4.79 Å². The molecule has 17 heavy (non-hydrogen) atoms. The number of amides is 1. The lowest BCUT2D eigenvalue weighted by molar-refractivity contribution is 0.0991. The summed E-state index contributed by atoms with van der Waals surface area (Å²) in [5, 5.41) is 8.53. The maximum Gasteiger partial charge on any atom is 0.254 e. The van der Waals surface area contributed by atoms with Gasteiger partial charge in [0.15, 0.2) is 11.6 Å². The van der Waals surface area contributed by atoms with Crippen molar-refractivity contribution in [2.45, 2.75) is 12.8 Å². The molecule has 3 N–H and O–H groups in total. The van der Waals surface area contributed by atoms with E-state index in [1.54, 1.807) is 0 Å². The molecule has 0 unspecified atom stereocenters. The highest BCUT2D eigenvalue weighted by Gasteiger charge is 2.18. The fourth-order valence-corrected chi connectivity index (χ4v) is 1.27. The van der Waals surface area contributed by atoms with Crippen LogP contribution >= 0.6 is 0 Å². The van der Waals surface area contributed by atoms with Gasteiger partial charge in [0, 0.05) is 6.61 Å². The molecule has 4 nitrogen and oxygen atoms in total. The van der Waals surface area contributed by atoms with Crippen molar-refractivity contribution in [3.05, 3.63) is 29.3 Å². The number of hydrogen-bond donors (Lipinski definition) is 2. The van der Waals surface area contributed by atoms with E-state index in [0.717, 1.165) is 12.1 Å². The Bertz CT molecular complexity index is 410. The fraction of sp³-hybridized carbons (Fsp3) is 0.364. The number of aliphatic hydroxyl groups is 1. The molecule has 1 rings (SSSR count). The minimum Gasteiger partial charge on any atom is -0.490 e. The number of carbonyl (C=O) groups excluding carboxylic acids is 1. The molecule has 0 atom stereocenters. The van der Waals surface area contributed by atoms with E-state index < -0.39 is 23.1 Å². The van der Waals surface area contributed by atoms with Crippen molar-refractivity contribution >= 4 is 5.91 Å². The number of primary amides is 1. The number of hydrogen-bond acceptors (Lipinski definition) is 3. The van der Waals surface area contributed by atoms with Gasteiger partial charge in [0.1, 0.15) is 11.4 Å². The SMILES string of the molecule is NC(=O)c1c(F)ccc(OCCCCO)c1F. The Hall–Kier alpha value is -1.69. The van der Waals surface area contributed by atoms with Crippen LogP contribution in [0.5, 0.6) is 5.75 Å². The summed E-state index contributed by atoms with van der Waals surface area (Å²) in [5.74, 6) is -3.52. The largest absolute Gasteiger partial charge is 0.490 e. The number of nitrogens with two attached hydrogens (primary N) is 1. The fourth-order valence-electron chi connectivity index (χ4n) is 1.27. The molecule has 0 fully saturated rings. The number of rotatable bonds is 6. The van der Waals surface area contributed by atoms with Crippen molar-refractivity contribution in [3.8, 4) is 5.75 Å². The van der Waals surface area contributed by atoms with Crippen molar-refractivity contribution in [3.63, 3.8) is 0 Å². The quantitative estimate of drug-likeness (QED) is 0.740. The second-order valence-electron chi connectivity index (χ2n) is 3.38. The van der Waals surface area contributed by atoms with E-state index in [4.69, 9.17) is 15.6 Å². The first kappa shape index (κ1) is 13.4. The maximum absolute atomic E-state index is 13.6. The van der Waals surface area contributed by atoms with Gasteiger partial charge in [-0.05, 0) is 25.0 Å². The zero-order valence-electron chi connectivity index (χ0n) is 9.08. The summed E-state index contributed by atoms with van der Waals surface area (Å²) in [6, 6.07) is 2.01. The second-order valence-corrected chi connectivity index (χ2v) is 3.38. The molecule has 1 amide bonds. The van der Waals surface area contributed by atoms with Gasteiger partial charge in [0.25, 0.3) is 5.91 Å². The number of unbranched alkanes of at least 4 members (excludes halogenated alkanes) is 1. The Morgan fingerprint density at radius 1 is 1.35 bits per heavy atom. The first-order chi connectivity index (χ1) is 8.07. The monoisotopic (exact) mass is 245 g/mol. The third kappa shape index (κ3) is 3.39. The topological polar surface area (TPSA) is 72.6 Å². The maximum atomic E-state index is 13.6. The molecule has 1 aromatic carbocycles. The summed E-state index contributed by atoms with van der Waals surface area (Å²) < 4.78 is 31.7. The third-order valence-electron chi connectivity index (χ3n) is 2.11. The normalized spacial score (nSPS) is 10.3. The molecule has 94 valence electrons. The van der Waals surface area contributed by atoms with Crippen LogP contribution in [0.1, 0.15) is 23.2 Å². The minimum atomic E-state index is -1.18. The zero-order chi connectivity index (χ0) is 12.8. The Morgan fingerprint density at radius 2 is 2.06 bits per heavy atom. The Kier molecular flexibility index (Phi) is 4.84. The van der Waals surface area contributed by atoms with E-state index >= 15 is 0 Å². The summed E-state index contributed by atoms with van der Waals surface area (Å²) in [7, 11) is 0. The molecule has 0 saturated heterocycles. The predicted octanol–water partition coefficient (Wildman–Crippen LogP) is 1.22. The number of aliphatic hydroxyl groups excluding tert-OH is 1. The molecular weight excluding hydrogens is 232 g/mol. The Labute approximate surface area is 97.0 Å². The summed E-state index contributed by atoms with van der Waals surface area (Å²) in [5.41, 5.74) is 4.05. The molecular formula is C11H13F2NO3. The molecule has 0 heterocycles. The van der Waals surface area contributed by atoms with Crippen LogP contribution in [0.4, 0.5) is 8.78 Å². The molecule has 0 aromatic heterocycles. The smallest absolute Gasteiger partial charge is 0.254 e. The average Bonchev–Trinajstić information content (AvgIpc) is 2.26. The van der Waals surface area contributed by atoms with Gasteiger partial charge in [-0.15, -0.1) is 0 Å². The van der Waals surface area contributed by atoms with Gasteiger partial charge in [0.2, 0.25) is 0 Å². The van der Waals surface area contributed by atoms with Crippen LogP contribution in [0.15, 0.2) is 12.1 Å². The lowest BCUT2D eigenvalue weighted by Gasteiger charge is -2.09. The van der Waals surface area contributed by atoms with Crippen LogP contribution < -0.4 is 10.5 Å². The predicted molar refractivity (Wildman–Crippen MR) is 56.7 cm³/mol. The van der Waals surface area contributed by atoms with E-state index in [9.17, 15) is 13.6 Å². The molecule has 6 heteroatoms. The van der Waals surface area contributed by atoms with Crippen LogP contribution in [0.2, 0.25) is 0 Å². The van der Waals surface area contributed by atoms with Crippen LogP contribution in [0, 0.1) is 11.6 Å². The van der Waals surface area contributed by atoms with Gasteiger partial charge in [-0.25, -0.2) is 8.78 Å². The molecule has 0 spiro atoms. The Morgan fingerprint density at radius 3 is 2.65 bits per heavy atom. The number of ether oxygens (including phenoxy) is 1. The van der Waals surface area contributed by atoms with Crippen molar-refractivity contribution in [2.75, 3.05) is 13.2 Å². The summed E-state index contributed by atoms with van der Waals surface area (Å²) in [6.07, 6.45) is 1.05. The van der Waals surface area contributed by atoms with Crippen LogP contribution in [-0.2, 0) is 0 Å². The average molecular weight is 245 g/mol. The lowest BCUT2D eigenvalue weighted by Crippen LogP contribution is -2.16. The van der Waals surface area contributed by atoms with E-state index in [1.807, 2.05) is 0 Å². The molecule has 0 aliphatic rings. The van der Waals surface area contributed by atoms with Gasteiger partial charge in [-0.1, -0.05) is 0 Å². The van der Waals surface area contributed by atoms with Gasteiger partial charge in [-0.2, -0.15) is 0 Å². The molecule has 0 aliphatic heterocycles. The molecule has 0 bridgehead atoms. The molecule has 0 radical (unpaired) electrons. The van der Waals surface area contributed by atoms with Crippen LogP contribution in [-0.4, -0.2) is 24.2 Å². The van der Waals surface area contributed by atoms with Crippen molar-refractivity contribution in [1.82, 2.24) is 0 Å². The highest BCUT2D eigenvalue weighted by atomic mass is 19.1. The van der Waals surface area contributed by atoms with Crippen molar-refractivity contribution in [2.24, 2.45) is 5.73 Å². The molecule has 1 aromatic rings. The minimum absolute atomic E-state index is 0.0157. The number of halogens is 2. The number of benzene rings is 1. The lowest BCUT2D eigenvalue weighted by atomic mass is 10.1. The third-order valence-corrected chi connectivity index (χ3v) is 2.11. The second kappa shape index (κ2) is 6.15. The van der Waals surface area contributed by atoms with Crippen LogP contribution in [0.25, 0.3) is 0 Å². The summed E-state index contributed by atoms with van der Waals surface area (Å²) in [6.45, 7) is 0.184. The summed E-state index contributed by atoms with van der Waals surface area (Å²) in [4.78, 5) is 10.8. The van der Waals surface area contributed by atoms with Crippen LogP contribution in [0.3, 0.4) is 0 Å². The van der Waals surface area contributed by atoms with Gasteiger partial charge in [0.05, 0.1) is 6.61 Å². The van der Waals surface area contributed by atoms with E-state index in [0.29, 0.717) is 12.8 Å². The van der Waals surface area contributed by atoms with Gasteiger partial charge < -0.3 is 15.6 Å². The number of carbonyl (C=O) groups is 1.